The fraction of sp³-hybridized carbons (Fsp3) is 0.750. The second-order valence-corrected chi connectivity index (χ2v) is 4.90. The molecule has 0 heterocycles. The minimum absolute atomic E-state index is 0.0460. The Morgan fingerprint density at radius 1 is 1.17 bits per heavy atom. The zero-order valence-corrected chi connectivity index (χ0v) is 7.98. The first-order valence-corrected chi connectivity index (χ1v) is 5.84. The molecule has 0 rings (SSSR count). The van der Waals surface area contributed by atoms with Crippen LogP contribution in [0.1, 0.15) is 19.3 Å². The van der Waals surface area contributed by atoms with Gasteiger partial charge in [0.2, 0.25) is 0 Å². The first-order valence-electron chi connectivity index (χ1n) is 4.02. The SMILES string of the molecule is C=CCS(=O)(=O)CCCCC[O]. The van der Waals surface area contributed by atoms with Crippen LogP contribution in [-0.4, -0.2) is 26.5 Å². The summed E-state index contributed by atoms with van der Waals surface area (Å²) in [6, 6.07) is 0. The number of rotatable bonds is 7. The number of unbranched alkanes of at least 4 members (excludes halogenated alkanes) is 2. The molecule has 0 bridgehead atoms. The third kappa shape index (κ3) is 6.37. The molecule has 0 aliphatic rings. The average molecular weight is 191 g/mol. The Morgan fingerprint density at radius 2 is 1.83 bits per heavy atom. The highest BCUT2D eigenvalue weighted by atomic mass is 32.2. The Labute approximate surface area is 74.0 Å². The van der Waals surface area contributed by atoms with E-state index in [1.807, 2.05) is 0 Å². The van der Waals surface area contributed by atoms with Gasteiger partial charge in [-0.3, -0.25) is 0 Å². The molecule has 12 heavy (non-hydrogen) atoms. The first-order chi connectivity index (χ1) is 5.62. The van der Waals surface area contributed by atoms with Gasteiger partial charge in [0, 0.05) is 0 Å². The molecule has 71 valence electrons. The van der Waals surface area contributed by atoms with E-state index in [-0.39, 0.29) is 18.1 Å². The molecule has 0 amide bonds. The van der Waals surface area contributed by atoms with Gasteiger partial charge < -0.3 is 0 Å². The average Bonchev–Trinajstić information content (AvgIpc) is 1.98. The quantitative estimate of drug-likeness (QED) is 0.448. The van der Waals surface area contributed by atoms with Gasteiger partial charge in [0.25, 0.3) is 0 Å². The lowest BCUT2D eigenvalue weighted by Gasteiger charge is -1.99. The van der Waals surface area contributed by atoms with Crippen molar-refractivity contribution in [2.75, 3.05) is 18.1 Å². The zero-order chi connectivity index (χ0) is 9.45. The number of hydrogen-bond acceptors (Lipinski definition) is 2. The molecule has 0 aromatic heterocycles. The molecule has 4 heteroatoms. The molecule has 0 saturated heterocycles. The summed E-state index contributed by atoms with van der Waals surface area (Å²) in [6.45, 7) is 3.25. The van der Waals surface area contributed by atoms with Crippen LogP contribution in [0.2, 0.25) is 0 Å². The monoisotopic (exact) mass is 191 g/mol. The van der Waals surface area contributed by atoms with Crippen LogP contribution >= 0.6 is 0 Å². The summed E-state index contributed by atoms with van der Waals surface area (Å²) in [7, 11) is -2.93. The van der Waals surface area contributed by atoms with Crippen molar-refractivity contribution < 1.29 is 13.5 Å². The molecule has 0 N–H and O–H groups in total. The maximum absolute atomic E-state index is 11.0. The molecule has 0 aromatic carbocycles. The molecule has 0 unspecified atom stereocenters. The van der Waals surface area contributed by atoms with Gasteiger partial charge in [-0.05, 0) is 12.8 Å². The van der Waals surface area contributed by atoms with E-state index < -0.39 is 9.84 Å². The van der Waals surface area contributed by atoms with Gasteiger partial charge in [0.15, 0.2) is 9.84 Å². The molecular formula is C8H15O3S. The van der Waals surface area contributed by atoms with Crippen molar-refractivity contribution in [3.05, 3.63) is 12.7 Å². The van der Waals surface area contributed by atoms with E-state index in [4.69, 9.17) is 0 Å². The Bertz CT molecular complexity index is 206. The van der Waals surface area contributed by atoms with Crippen molar-refractivity contribution in [3.63, 3.8) is 0 Å². The maximum atomic E-state index is 11.0. The first kappa shape index (κ1) is 11.6. The second kappa shape index (κ2) is 6.20. The van der Waals surface area contributed by atoms with E-state index in [1.54, 1.807) is 0 Å². The Morgan fingerprint density at radius 3 is 2.33 bits per heavy atom. The summed E-state index contributed by atoms with van der Waals surface area (Å²) >= 11 is 0. The second-order valence-electron chi connectivity index (χ2n) is 2.67. The number of hydrogen-bond donors (Lipinski definition) is 0. The smallest absolute Gasteiger partial charge is 0.153 e. The van der Waals surface area contributed by atoms with Crippen LogP contribution in [0, 0.1) is 0 Å². The molecule has 1 radical (unpaired) electrons. The molecule has 0 saturated carbocycles. The topological polar surface area (TPSA) is 54.0 Å². The number of sulfone groups is 1. The standard InChI is InChI=1S/C8H15O3S/c1-2-7-12(10,11)8-5-3-4-6-9/h2H,1,3-8H2. The van der Waals surface area contributed by atoms with E-state index in [2.05, 4.69) is 6.58 Å². The van der Waals surface area contributed by atoms with E-state index in [0.29, 0.717) is 19.3 Å². The Hall–Kier alpha value is -0.350. The molecule has 3 nitrogen and oxygen atoms in total. The fourth-order valence-corrected chi connectivity index (χ4v) is 2.03. The summed E-state index contributed by atoms with van der Waals surface area (Å²) in [5, 5.41) is 10.0. The lowest BCUT2D eigenvalue weighted by molar-refractivity contribution is 0.186. The van der Waals surface area contributed by atoms with Crippen LogP contribution in [0.25, 0.3) is 0 Å². The lowest BCUT2D eigenvalue weighted by atomic mass is 10.3. The van der Waals surface area contributed by atoms with Crippen molar-refractivity contribution >= 4 is 9.84 Å². The maximum Gasteiger partial charge on any atom is 0.153 e. The normalized spacial score (nSPS) is 11.4. The highest BCUT2D eigenvalue weighted by molar-refractivity contribution is 7.91. The van der Waals surface area contributed by atoms with Crippen LogP contribution in [0.4, 0.5) is 0 Å². The molecule has 0 atom stereocenters. The fourth-order valence-electron chi connectivity index (χ4n) is 0.864. The van der Waals surface area contributed by atoms with Crippen molar-refractivity contribution in [1.29, 1.82) is 0 Å². The predicted octanol–water partition coefficient (Wildman–Crippen LogP) is 1.19. The van der Waals surface area contributed by atoms with Crippen LogP contribution in [-0.2, 0) is 14.9 Å². The summed E-state index contributed by atoms with van der Waals surface area (Å²) in [5.74, 6) is 0.226. The van der Waals surface area contributed by atoms with Gasteiger partial charge in [-0.15, -0.1) is 6.58 Å². The largest absolute Gasteiger partial charge is 0.237 e. The van der Waals surface area contributed by atoms with Gasteiger partial charge in [-0.25, -0.2) is 13.5 Å². The zero-order valence-electron chi connectivity index (χ0n) is 7.16. The van der Waals surface area contributed by atoms with Gasteiger partial charge in [-0.2, -0.15) is 0 Å². The van der Waals surface area contributed by atoms with Crippen molar-refractivity contribution in [3.8, 4) is 0 Å². The predicted molar refractivity (Wildman–Crippen MR) is 48.3 cm³/mol. The summed E-state index contributed by atoms with van der Waals surface area (Å²) in [5.41, 5.74) is 0. The highest BCUT2D eigenvalue weighted by Gasteiger charge is 2.06. The van der Waals surface area contributed by atoms with E-state index >= 15 is 0 Å². The van der Waals surface area contributed by atoms with Crippen molar-refractivity contribution in [2.45, 2.75) is 19.3 Å². The minimum Gasteiger partial charge on any atom is -0.237 e. The van der Waals surface area contributed by atoms with Crippen LogP contribution in [0.5, 0.6) is 0 Å². The molecular weight excluding hydrogens is 176 g/mol. The van der Waals surface area contributed by atoms with E-state index in [1.165, 1.54) is 6.08 Å². The lowest BCUT2D eigenvalue weighted by Crippen LogP contribution is -2.09. The van der Waals surface area contributed by atoms with Crippen molar-refractivity contribution in [2.24, 2.45) is 0 Å². The van der Waals surface area contributed by atoms with Crippen LogP contribution in [0.3, 0.4) is 0 Å². The third-order valence-electron chi connectivity index (χ3n) is 1.47. The van der Waals surface area contributed by atoms with Crippen LogP contribution < -0.4 is 0 Å². The van der Waals surface area contributed by atoms with Crippen molar-refractivity contribution in [1.82, 2.24) is 0 Å². The molecule has 0 fully saturated rings. The summed E-state index contributed by atoms with van der Waals surface area (Å²) in [4.78, 5) is 0. The van der Waals surface area contributed by atoms with E-state index in [0.717, 1.165) is 0 Å². The third-order valence-corrected chi connectivity index (χ3v) is 3.13. The van der Waals surface area contributed by atoms with Gasteiger partial charge in [0.1, 0.15) is 0 Å². The minimum atomic E-state index is -2.93. The van der Waals surface area contributed by atoms with Gasteiger partial charge in [0.05, 0.1) is 18.1 Å². The van der Waals surface area contributed by atoms with Crippen LogP contribution in [0.15, 0.2) is 12.7 Å². The molecule has 0 aliphatic carbocycles. The molecule has 0 aromatic rings. The molecule has 0 spiro atoms. The summed E-state index contributed by atoms with van der Waals surface area (Å²) in [6.07, 6.45) is 3.27. The Balaban J connectivity index is 3.55. The molecule has 0 aliphatic heterocycles. The summed E-state index contributed by atoms with van der Waals surface area (Å²) < 4.78 is 22.1. The van der Waals surface area contributed by atoms with E-state index in [9.17, 15) is 13.5 Å². The highest BCUT2D eigenvalue weighted by Crippen LogP contribution is 2.00. The van der Waals surface area contributed by atoms with Gasteiger partial charge in [-0.1, -0.05) is 12.5 Å². The Kier molecular flexibility index (Phi) is 6.02. The van der Waals surface area contributed by atoms with Gasteiger partial charge >= 0.3 is 0 Å².